The van der Waals surface area contributed by atoms with Crippen molar-refractivity contribution in [2.24, 2.45) is 0 Å². The molecular formula is C32H30N2O5S. The first-order valence-corrected chi connectivity index (χ1v) is 14.4. The predicted molar refractivity (Wildman–Crippen MR) is 156 cm³/mol. The van der Waals surface area contributed by atoms with Gasteiger partial charge >= 0.3 is 5.97 Å². The van der Waals surface area contributed by atoms with Gasteiger partial charge in [-0.05, 0) is 71.3 Å². The summed E-state index contributed by atoms with van der Waals surface area (Å²) in [6, 6.07) is 29.9. The van der Waals surface area contributed by atoms with Crippen LogP contribution in [0.25, 0.3) is 21.7 Å². The Morgan fingerprint density at radius 3 is 2.38 bits per heavy atom. The molecule has 0 spiro atoms. The second kappa shape index (κ2) is 11.9. The van der Waals surface area contributed by atoms with Crippen LogP contribution in [0.4, 0.5) is 0 Å². The second-order valence-corrected chi connectivity index (χ2v) is 11.6. The van der Waals surface area contributed by atoms with Crippen LogP contribution in [0.1, 0.15) is 21.6 Å². The van der Waals surface area contributed by atoms with Crippen LogP contribution in [0.2, 0.25) is 0 Å². The number of methoxy groups -OCH3 is 1. The lowest BCUT2D eigenvalue weighted by Gasteiger charge is -2.18. The third kappa shape index (κ3) is 6.14. The summed E-state index contributed by atoms with van der Waals surface area (Å²) >= 11 is 0. The number of aromatic nitrogens is 1. The highest BCUT2D eigenvalue weighted by Gasteiger charge is 2.21. The molecule has 0 fully saturated rings. The summed E-state index contributed by atoms with van der Waals surface area (Å²) in [7, 11) is -0.793. The Hall–Kier alpha value is -4.27. The van der Waals surface area contributed by atoms with Crippen LogP contribution in [-0.4, -0.2) is 51.0 Å². The van der Waals surface area contributed by atoms with E-state index in [2.05, 4.69) is 6.07 Å². The van der Waals surface area contributed by atoms with E-state index in [0.29, 0.717) is 37.3 Å². The average Bonchev–Trinajstić information content (AvgIpc) is 2.99. The lowest BCUT2D eigenvalue weighted by atomic mass is 10.1. The van der Waals surface area contributed by atoms with Gasteiger partial charge in [-0.25, -0.2) is 17.5 Å². The Morgan fingerprint density at radius 1 is 0.825 bits per heavy atom. The summed E-state index contributed by atoms with van der Waals surface area (Å²) in [4.78, 5) is 16.5. The van der Waals surface area contributed by atoms with Crippen molar-refractivity contribution in [3.63, 3.8) is 0 Å². The minimum atomic E-state index is -3.70. The summed E-state index contributed by atoms with van der Waals surface area (Å²) < 4.78 is 38.7. The van der Waals surface area contributed by atoms with Gasteiger partial charge in [-0.15, -0.1) is 0 Å². The number of fused-ring (bicyclic) bond motifs is 2. The fourth-order valence-corrected chi connectivity index (χ4v) is 5.69. The summed E-state index contributed by atoms with van der Waals surface area (Å²) in [5, 5.41) is 2.82. The summed E-state index contributed by atoms with van der Waals surface area (Å²) in [5.41, 5.74) is 3.29. The number of likely N-dealkylation sites (N-methyl/N-ethyl adjacent to an activating group) is 1. The van der Waals surface area contributed by atoms with Gasteiger partial charge in [0.25, 0.3) is 0 Å². The maximum absolute atomic E-state index is 13.3. The molecule has 204 valence electrons. The molecule has 40 heavy (non-hydrogen) atoms. The molecule has 0 atom stereocenters. The van der Waals surface area contributed by atoms with Gasteiger partial charge in [0, 0.05) is 31.1 Å². The van der Waals surface area contributed by atoms with Crippen LogP contribution in [0.3, 0.4) is 0 Å². The van der Waals surface area contributed by atoms with E-state index in [-0.39, 0.29) is 4.90 Å². The van der Waals surface area contributed by atoms with Crippen molar-refractivity contribution < 1.29 is 22.7 Å². The van der Waals surface area contributed by atoms with E-state index in [1.165, 1.54) is 11.4 Å². The van der Waals surface area contributed by atoms with Crippen LogP contribution in [0.15, 0.2) is 102 Å². The normalized spacial score (nSPS) is 11.7. The highest BCUT2D eigenvalue weighted by molar-refractivity contribution is 7.89. The summed E-state index contributed by atoms with van der Waals surface area (Å²) in [6.45, 7) is 0.752. The molecule has 1 aromatic heterocycles. The minimum absolute atomic E-state index is 0.223. The van der Waals surface area contributed by atoms with Crippen molar-refractivity contribution in [1.29, 1.82) is 0 Å². The maximum Gasteiger partial charge on any atom is 0.337 e. The van der Waals surface area contributed by atoms with Gasteiger partial charge in [0.05, 0.1) is 29.7 Å². The van der Waals surface area contributed by atoms with Gasteiger partial charge < -0.3 is 9.47 Å². The molecule has 0 N–H and O–H groups in total. The first kappa shape index (κ1) is 27.3. The first-order chi connectivity index (χ1) is 19.3. The Balaban J connectivity index is 1.23. The zero-order valence-corrected chi connectivity index (χ0v) is 23.2. The second-order valence-electron chi connectivity index (χ2n) is 9.53. The van der Waals surface area contributed by atoms with Crippen molar-refractivity contribution in [1.82, 2.24) is 9.29 Å². The lowest BCUT2D eigenvalue weighted by molar-refractivity contribution is 0.0600. The summed E-state index contributed by atoms with van der Waals surface area (Å²) in [5.74, 6) is 0.268. The Bertz CT molecular complexity index is 1770. The molecule has 8 heteroatoms. The number of carbonyl (C=O) groups is 1. The number of benzene rings is 4. The van der Waals surface area contributed by atoms with E-state index in [4.69, 9.17) is 14.5 Å². The molecule has 7 nitrogen and oxygen atoms in total. The molecule has 0 unspecified atom stereocenters. The van der Waals surface area contributed by atoms with Gasteiger partial charge in [-0.2, -0.15) is 0 Å². The highest BCUT2D eigenvalue weighted by atomic mass is 32.2. The van der Waals surface area contributed by atoms with Crippen molar-refractivity contribution >= 4 is 37.7 Å². The molecule has 4 aromatic carbocycles. The molecule has 0 aliphatic carbocycles. The largest absolute Gasteiger partial charge is 0.493 e. The molecule has 0 aliphatic heterocycles. The third-order valence-electron chi connectivity index (χ3n) is 6.86. The third-order valence-corrected chi connectivity index (χ3v) is 8.72. The molecule has 5 rings (SSSR count). The van der Waals surface area contributed by atoms with Crippen molar-refractivity contribution in [2.45, 2.75) is 17.7 Å². The SMILES string of the molecule is COC(=O)c1ccc(CCN(C)S(=O)(=O)c2ccc3ccc(OCCc4ccc5ccccc5n4)cc3c2)cc1. The number of rotatable bonds is 10. The Kier molecular flexibility index (Phi) is 8.09. The smallest absolute Gasteiger partial charge is 0.337 e. The first-order valence-electron chi connectivity index (χ1n) is 13.0. The fraction of sp³-hybridized carbons (Fsp3) is 0.188. The van der Waals surface area contributed by atoms with Crippen LogP contribution < -0.4 is 4.74 Å². The van der Waals surface area contributed by atoms with E-state index in [0.717, 1.165) is 32.9 Å². The maximum atomic E-state index is 13.3. The number of hydrogen-bond acceptors (Lipinski definition) is 6. The summed E-state index contributed by atoms with van der Waals surface area (Å²) in [6.07, 6.45) is 1.17. The van der Waals surface area contributed by atoms with Crippen LogP contribution >= 0.6 is 0 Å². The number of nitrogens with zero attached hydrogens (tertiary/aromatic N) is 2. The minimum Gasteiger partial charge on any atom is -0.493 e. The van der Waals surface area contributed by atoms with E-state index in [1.54, 1.807) is 43.4 Å². The lowest BCUT2D eigenvalue weighted by Crippen LogP contribution is -2.29. The molecule has 0 radical (unpaired) electrons. The van der Waals surface area contributed by atoms with Crippen molar-refractivity contribution in [2.75, 3.05) is 27.3 Å². The number of carbonyl (C=O) groups excluding carboxylic acids is 1. The standard InChI is InChI=1S/C32H30N2O5S/c1-34(19-17-23-7-9-26(10-8-23)32(35)38-2)40(36,37)30-16-13-24-12-15-29(21-27(24)22-30)39-20-18-28-14-11-25-5-3-4-6-31(25)33-28/h3-16,21-22H,17-20H2,1-2H3. The molecular weight excluding hydrogens is 524 g/mol. The molecule has 0 bridgehead atoms. The number of para-hydroxylation sites is 1. The zero-order valence-electron chi connectivity index (χ0n) is 22.4. The Morgan fingerprint density at radius 2 is 1.57 bits per heavy atom. The van der Waals surface area contributed by atoms with Gasteiger partial charge in [0.2, 0.25) is 10.0 Å². The quantitative estimate of drug-likeness (QED) is 0.207. The molecule has 5 aromatic rings. The number of sulfonamides is 1. The number of ether oxygens (including phenoxy) is 2. The number of pyridine rings is 1. The average molecular weight is 555 g/mol. The number of hydrogen-bond donors (Lipinski definition) is 0. The van der Waals surface area contributed by atoms with Gasteiger partial charge in [0.15, 0.2) is 0 Å². The van der Waals surface area contributed by atoms with Crippen LogP contribution in [-0.2, 0) is 27.6 Å². The van der Waals surface area contributed by atoms with Crippen molar-refractivity contribution in [3.8, 4) is 5.75 Å². The molecule has 0 saturated carbocycles. The zero-order chi connectivity index (χ0) is 28.1. The fourth-order valence-electron chi connectivity index (χ4n) is 4.49. The topological polar surface area (TPSA) is 85.8 Å². The predicted octanol–water partition coefficient (Wildman–Crippen LogP) is 5.66. The van der Waals surface area contributed by atoms with E-state index in [9.17, 15) is 13.2 Å². The molecule has 1 heterocycles. The van der Waals surface area contributed by atoms with Crippen LogP contribution in [0, 0.1) is 0 Å². The van der Waals surface area contributed by atoms with E-state index in [1.807, 2.05) is 54.6 Å². The van der Waals surface area contributed by atoms with Crippen molar-refractivity contribution in [3.05, 3.63) is 114 Å². The highest BCUT2D eigenvalue weighted by Crippen LogP contribution is 2.26. The number of esters is 1. The van der Waals surface area contributed by atoms with Gasteiger partial charge in [0.1, 0.15) is 5.75 Å². The molecule has 0 amide bonds. The van der Waals surface area contributed by atoms with E-state index >= 15 is 0 Å². The van der Waals surface area contributed by atoms with Crippen LogP contribution in [0.5, 0.6) is 5.75 Å². The monoisotopic (exact) mass is 554 g/mol. The van der Waals surface area contributed by atoms with Gasteiger partial charge in [-0.3, -0.25) is 4.98 Å². The van der Waals surface area contributed by atoms with E-state index < -0.39 is 16.0 Å². The van der Waals surface area contributed by atoms with Gasteiger partial charge in [-0.1, -0.05) is 48.5 Å². The molecule has 0 saturated heterocycles. The Labute approximate surface area is 234 Å². The molecule has 0 aliphatic rings.